The topological polar surface area (TPSA) is 87.1 Å². The lowest BCUT2D eigenvalue weighted by atomic mass is 10.2. The van der Waals surface area contributed by atoms with Gasteiger partial charge in [-0.3, -0.25) is 4.98 Å². The van der Waals surface area contributed by atoms with Gasteiger partial charge in [0.25, 0.3) is 5.89 Å². The van der Waals surface area contributed by atoms with Crippen molar-refractivity contribution in [1.82, 2.24) is 20.2 Å². The zero-order valence-corrected chi connectivity index (χ0v) is 12.9. The number of aromatic nitrogens is 4. The van der Waals surface area contributed by atoms with Crippen molar-refractivity contribution in [1.29, 1.82) is 0 Å². The molecule has 0 unspecified atom stereocenters. The van der Waals surface area contributed by atoms with Gasteiger partial charge in [-0.25, -0.2) is 9.37 Å². The normalized spacial score (nSPS) is 11.4. The van der Waals surface area contributed by atoms with Crippen LogP contribution in [0, 0.1) is 5.82 Å². The molecule has 3 heterocycles. The number of nitrogens with zero attached hydrogens (tertiary/aromatic N) is 4. The van der Waals surface area contributed by atoms with Gasteiger partial charge < -0.3 is 13.6 Å². The van der Waals surface area contributed by atoms with Gasteiger partial charge in [-0.15, -0.1) is 10.2 Å². The van der Waals surface area contributed by atoms with Crippen molar-refractivity contribution >= 4 is 11.1 Å². The summed E-state index contributed by atoms with van der Waals surface area (Å²) in [5.74, 6) is -1.37. The SMILES string of the molecule is Fc1cc(-c2nnc(C(F)F)o2)cnc1COc1cccc2ocnc12. The van der Waals surface area contributed by atoms with Gasteiger partial charge >= 0.3 is 6.43 Å². The molecule has 1 aromatic carbocycles. The molecule has 0 bridgehead atoms. The molecule has 0 spiro atoms. The summed E-state index contributed by atoms with van der Waals surface area (Å²) in [5, 5.41) is 6.63. The zero-order chi connectivity index (χ0) is 18.1. The highest BCUT2D eigenvalue weighted by molar-refractivity contribution is 5.79. The van der Waals surface area contributed by atoms with Crippen molar-refractivity contribution in [3.8, 4) is 17.2 Å². The van der Waals surface area contributed by atoms with Gasteiger partial charge in [0.1, 0.15) is 23.9 Å². The molecule has 26 heavy (non-hydrogen) atoms. The third-order valence-electron chi connectivity index (χ3n) is 3.48. The molecule has 0 aliphatic rings. The minimum Gasteiger partial charge on any atom is -0.485 e. The number of oxazole rings is 1. The van der Waals surface area contributed by atoms with Crippen molar-refractivity contribution in [2.75, 3.05) is 0 Å². The van der Waals surface area contributed by atoms with Crippen LogP contribution in [0.2, 0.25) is 0 Å². The summed E-state index contributed by atoms with van der Waals surface area (Å²) in [6.45, 7) is -0.162. The smallest absolute Gasteiger partial charge is 0.314 e. The molecular weight excluding hydrogens is 353 g/mol. The Morgan fingerprint density at radius 3 is 2.81 bits per heavy atom. The summed E-state index contributed by atoms with van der Waals surface area (Å²) < 4.78 is 54.7. The number of ether oxygens (including phenoxy) is 1. The monoisotopic (exact) mass is 362 g/mol. The molecule has 0 aliphatic carbocycles. The van der Waals surface area contributed by atoms with Gasteiger partial charge in [0.05, 0.1) is 5.56 Å². The molecule has 0 saturated carbocycles. The number of hydrogen-bond acceptors (Lipinski definition) is 7. The number of alkyl halides is 2. The van der Waals surface area contributed by atoms with Crippen molar-refractivity contribution in [2.24, 2.45) is 0 Å². The first-order valence-corrected chi connectivity index (χ1v) is 7.33. The van der Waals surface area contributed by atoms with E-state index >= 15 is 0 Å². The van der Waals surface area contributed by atoms with E-state index in [0.29, 0.717) is 16.8 Å². The second-order valence-electron chi connectivity index (χ2n) is 5.14. The molecule has 4 aromatic rings. The molecule has 7 nitrogen and oxygen atoms in total. The number of benzene rings is 1. The minimum absolute atomic E-state index is 0.0165. The molecule has 10 heteroatoms. The van der Waals surface area contributed by atoms with E-state index < -0.39 is 18.1 Å². The average Bonchev–Trinajstić information content (AvgIpc) is 3.30. The highest BCUT2D eigenvalue weighted by Gasteiger charge is 2.18. The van der Waals surface area contributed by atoms with Crippen LogP contribution in [0.4, 0.5) is 13.2 Å². The molecule has 4 rings (SSSR count). The van der Waals surface area contributed by atoms with E-state index in [4.69, 9.17) is 13.6 Å². The van der Waals surface area contributed by atoms with E-state index in [0.717, 1.165) is 6.07 Å². The quantitative estimate of drug-likeness (QED) is 0.531. The second-order valence-corrected chi connectivity index (χ2v) is 5.14. The van der Waals surface area contributed by atoms with Crippen molar-refractivity contribution in [3.05, 3.63) is 54.3 Å². The molecular formula is C16H9F3N4O3. The van der Waals surface area contributed by atoms with Crippen LogP contribution < -0.4 is 4.74 Å². The summed E-state index contributed by atoms with van der Waals surface area (Å²) in [6.07, 6.45) is -0.384. The fourth-order valence-corrected chi connectivity index (χ4v) is 2.25. The molecule has 132 valence electrons. The molecule has 3 aromatic heterocycles. The van der Waals surface area contributed by atoms with Crippen LogP contribution in [0.5, 0.6) is 5.75 Å². The number of para-hydroxylation sites is 1. The van der Waals surface area contributed by atoms with Crippen LogP contribution in [0.25, 0.3) is 22.6 Å². The molecule has 0 fully saturated rings. The first kappa shape index (κ1) is 16.1. The van der Waals surface area contributed by atoms with Crippen molar-refractivity contribution in [2.45, 2.75) is 13.0 Å². The maximum absolute atomic E-state index is 14.2. The maximum Gasteiger partial charge on any atom is 0.314 e. The Bertz CT molecular complexity index is 1060. The molecule has 0 N–H and O–H groups in total. The Balaban J connectivity index is 1.53. The van der Waals surface area contributed by atoms with Gasteiger partial charge in [-0.1, -0.05) is 6.07 Å². The number of fused-ring (bicyclic) bond motifs is 1. The van der Waals surface area contributed by atoms with Gasteiger partial charge in [-0.05, 0) is 18.2 Å². The largest absolute Gasteiger partial charge is 0.485 e. The Morgan fingerprint density at radius 2 is 2.04 bits per heavy atom. The maximum atomic E-state index is 14.2. The van der Waals surface area contributed by atoms with Crippen LogP contribution in [0.15, 0.2) is 45.7 Å². The predicted molar refractivity (Wildman–Crippen MR) is 80.8 cm³/mol. The van der Waals surface area contributed by atoms with Crippen molar-refractivity contribution < 1.29 is 26.7 Å². The zero-order valence-electron chi connectivity index (χ0n) is 12.9. The fraction of sp³-hybridized carbons (Fsp3) is 0.125. The Kier molecular flexibility index (Phi) is 3.99. The van der Waals surface area contributed by atoms with Crippen LogP contribution in [-0.4, -0.2) is 20.2 Å². The lowest BCUT2D eigenvalue weighted by molar-refractivity contribution is 0.116. The van der Waals surface area contributed by atoms with E-state index in [9.17, 15) is 13.2 Å². The van der Waals surface area contributed by atoms with Gasteiger partial charge in [0, 0.05) is 6.20 Å². The van der Waals surface area contributed by atoms with Crippen LogP contribution in [0.3, 0.4) is 0 Å². The number of rotatable bonds is 5. The first-order chi connectivity index (χ1) is 12.6. The number of pyridine rings is 1. The number of halogens is 3. The second kappa shape index (κ2) is 6.47. The Morgan fingerprint density at radius 1 is 1.15 bits per heavy atom. The lowest BCUT2D eigenvalue weighted by Gasteiger charge is -2.07. The van der Waals surface area contributed by atoms with E-state index in [1.165, 1.54) is 12.6 Å². The van der Waals surface area contributed by atoms with Gasteiger partial charge in [0.2, 0.25) is 5.89 Å². The van der Waals surface area contributed by atoms with E-state index in [1.54, 1.807) is 18.2 Å². The molecule has 0 amide bonds. The summed E-state index contributed by atoms with van der Waals surface area (Å²) in [6, 6.07) is 6.17. The highest BCUT2D eigenvalue weighted by atomic mass is 19.3. The first-order valence-electron chi connectivity index (χ1n) is 7.33. The third kappa shape index (κ3) is 2.96. The van der Waals surface area contributed by atoms with E-state index in [2.05, 4.69) is 20.2 Å². The Hall–Kier alpha value is -3.43. The summed E-state index contributed by atoms with van der Waals surface area (Å²) >= 11 is 0. The summed E-state index contributed by atoms with van der Waals surface area (Å²) in [5.41, 5.74) is 1.15. The molecule has 0 saturated heterocycles. The Labute approximate surface area is 143 Å². The molecule has 0 radical (unpaired) electrons. The summed E-state index contributed by atoms with van der Waals surface area (Å²) in [4.78, 5) is 7.96. The highest BCUT2D eigenvalue weighted by Crippen LogP contribution is 2.26. The molecule has 0 aliphatic heterocycles. The van der Waals surface area contributed by atoms with Crippen LogP contribution in [0.1, 0.15) is 18.0 Å². The minimum atomic E-state index is -2.90. The number of hydrogen-bond donors (Lipinski definition) is 0. The van der Waals surface area contributed by atoms with Crippen LogP contribution in [-0.2, 0) is 6.61 Å². The predicted octanol–water partition coefficient (Wildman–Crippen LogP) is 3.93. The van der Waals surface area contributed by atoms with E-state index in [1.807, 2.05) is 0 Å². The lowest BCUT2D eigenvalue weighted by Crippen LogP contribution is -2.02. The van der Waals surface area contributed by atoms with Crippen molar-refractivity contribution in [3.63, 3.8) is 0 Å². The van der Waals surface area contributed by atoms with E-state index in [-0.39, 0.29) is 23.8 Å². The third-order valence-corrected chi connectivity index (χ3v) is 3.48. The fourth-order valence-electron chi connectivity index (χ4n) is 2.25. The average molecular weight is 362 g/mol. The summed E-state index contributed by atoms with van der Waals surface area (Å²) in [7, 11) is 0. The molecule has 0 atom stereocenters. The van der Waals surface area contributed by atoms with Gasteiger partial charge in [-0.2, -0.15) is 8.78 Å². The van der Waals surface area contributed by atoms with Gasteiger partial charge in [0.15, 0.2) is 17.5 Å². The standard InChI is InChI=1S/C16H9F3N4O3/c17-9-4-8(15-22-23-16(26-15)14(18)19)5-20-10(9)6-24-11-2-1-3-12-13(11)21-7-25-12/h1-5,7,14H,6H2. The van der Waals surface area contributed by atoms with Crippen LogP contribution >= 0.6 is 0 Å².